The molecule has 1 aromatic rings. The molecule has 0 spiro atoms. The van der Waals surface area contributed by atoms with Gasteiger partial charge in [0.25, 0.3) is 0 Å². The van der Waals surface area contributed by atoms with Crippen molar-refractivity contribution < 1.29 is 9.84 Å². The van der Waals surface area contributed by atoms with E-state index in [1.165, 1.54) is 24.8 Å². The van der Waals surface area contributed by atoms with E-state index >= 15 is 0 Å². The van der Waals surface area contributed by atoms with Crippen molar-refractivity contribution in [1.82, 2.24) is 0 Å². The first-order valence-corrected chi connectivity index (χ1v) is 6.65. The van der Waals surface area contributed by atoms with E-state index in [-0.39, 0.29) is 12.2 Å². The molecule has 1 N–H and O–H groups in total. The van der Waals surface area contributed by atoms with Gasteiger partial charge < -0.3 is 9.84 Å². The molecular weight excluding hydrogens is 236 g/mol. The number of halogens is 1. The molecule has 0 radical (unpaired) electrons. The fourth-order valence-corrected chi connectivity index (χ4v) is 2.76. The van der Waals surface area contributed by atoms with Crippen LogP contribution in [0.5, 0.6) is 0 Å². The van der Waals surface area contributed by atoms with E-state index in [0.29, 0.717) is 6.61 Å². The number of benzene rings is 1. The summed E-state index contributed by atoms with van der Waals surface area (Å²) in [7, 11) is 0. The minimum atomic E-state index is -0.203. The molecule has 0 unspecified atom stereocenters. The first-order chi connectivity index (χ1) is 8.27. The zero-order valence-corrected chi connectivity index (χ0v) is 10.7. The van der Waals surface area contributed by atoms with Crippen LogP contribution in [0.2, 0.25) is 5.02 Å². The molecule has 2 rings (SSSR count). The highest BCUT2D eigenvalue weighted by atomic mass is 35.5. The van der Waals surface area contributed by atoms with E-state index in [0.717, 1.165) is 17.9 Å². The van der Waals surface area contributed by atoms with Crippen LogP contribution in [0, 0.1) is 0 Å². The summed E-state index contributed by atoms with van der Waals surface area (Å²) in [5.74, 6) is 0. The van der Waals surface area contributed by atoms with Crippen LogP contribution in [0.4, 0.5) is 0 Å². The molecule has 17 heavy (non-hydrogen) atoms. The van der Waals surface area contributed by atoms with Crippen molar-refractivity contribution in [2.24, 2.45) is 0 Å². The first kappa shape index (κ1) is 12.9. The molecule has 1 aliphatic carbocycles. The van der Waals surface area contributed by atoms with Crippen molar-refractivity contribution in [2.45, 2.75) is 37.7 Å². The molecule has 1 aromatic carbocycles. The van der Waals surface area contributed by atoms with Crippen LogP contribution in [0.15, 0.2) is 24.3 Å². The van der Waals surface area contributed by atoms with Crippen molar-refractivity contribution >= 4 is 11.6 Å². The normalized spacial score (nSPS) is 19.2. The lowest BCUT2D eigenvalue weighted by Gasteiger charge is -2.37. The highest BCUT2D eigenvalue weighted by Crippen LogP contribution is 2.40. The number of hydrogen-bond acceptors (Lipinski definition) is 2. The Morgan fingerprint density at radius 1 is 1.12 bits per heavy atom. The number of hydrogen-bond donors (Lipinski definition) is 1. The van der Waals surface area contributed by atoms with Crippen LogP contribution in [0.3, 0.4) is 0 Å². The van der Waals surface area contributed by atoms with Crippen molar-refractivity contribution in [3.63, 3.8) is 0 Å². The van der Waals surface area contributed by atoms with E-state index in [2.05, 4.69) is 0 Å². The minimum Gasteiger partial charge on any atom is -0.394 e. The molecule has 0 heterocycles. The van der Waals surface area contributed by atoms with Gasteiger partial charge in [-0.25, -0.2) is 0 Å². The molecule has 94 valence electrons. The van der Waals surface area contributed by atoms with Gasteiger partial charge in [-0.1, -0.05) is 43.0 Å². The Labute approximate surface area is 108 Å². The topological polar surface area (TPSA) is 29.5 Å². The van der Waals surface area contributed by atoms with E-state index < -0.39 is 0 Å². The number of aliphatic hydroxyl groups excluding tert-OH is 1. The molecule has 0 aromatic heterocycles. The van der Waals surface area contributed by atoms with Gasteiger partial charge in [-0.2, -0.15) is 0 Å². The molecule has 3 heteroatoms. The fourth-order valence-electron chi connectivity index (χ4n) is 2.63. The largest absolute Gasteiger partial charge is 0.394 e. The average Bonchev–Trinajstić information content (AvgIpc) is 2.38. The fraction of sp³-hybridized carbons (Fsp3) is 0.571. The molecule has 0 bridgehead atoms. The van der Waals surface area contributed by atoms with Crippen LogP contribution < -0.4 is 0 Å². The standard InChI is InChI=1S/C14H19ClO2/c15-13-6-4-12(5-7-13)14(17-11-10-16)8-2-1-3-9-14/h4-7,16H,1-3,8-11H2. The monoisotopic (exact) mass is 254 g/mol. The summed E-state index contributed by atoms with van der Waals surface area (Å²) in [5.41, 5.74) is 0.987. The van der Waals surface area contributed by atoms with Gasteiger partial charge in [0.1, 0.15) is 0 Å². The second-order valence-corrected chi connectivity index (χ2v) is 5.07. The minimum absolute atomic E-state index is 0.0787. The lowest BCUT2D eigenvalue weighted by atomic mass is 9.79. The maximum absolute atomic E-state index is 8.96. The predicted molar refractivity (Wildman–Crippen MR) is 69.3 cm³/mol. The Balaban J connectivity index is 2.21. The highest BCUT2D eigenvalue weighted by Gasteiger charge is 2.34. The van der Waals surface area contributed by atoms with E-state index in [1.54, 1.807) is 0 Å². The van der Waals surface area contributed by atoms with Crippen molar-refractivity contribution in [1.29, 1.82) is 0 Å². The summed E-state index contributed by atoms with van der Waals surface area (Å²) in [4.78, 5) is 0. The van der Waals surface area contributed by atoms with Gasteiger partial charge in [0.15, 0.2) is 0 Å². The van der Waals surface area contributed by atoms with Gasteiger partial charge in [-0.05, 0) is 30.5 Å². The van der Waals surface area contributed by atoms with Crippen LogP contribution in [-0.4, -0.2) is 18.3 Å². The molecule has 0 aliphatic heterocycles. The third-order valence-electron chi connectivity index (χ3n) is 3.50. The predicted octanol–water partition coefficient (Wildman–Crippen LogP) is 3.51. The molecule has 2 nitrogen and oxygen atoms in total. The van der Waals surface area contributed by atoms with Crippen LogP contribution >= 0.6 is 11.6 Å². The van der Waals surface area contributed by atoms with E-state index in [1.807, 2.05) is 24.3 Å². The summed E-state index contributed by atoms with van der Waals surface area (Å²) < 4.78 is 5.95. The van der Waals surface area contributed by atoms with Gasteiger partial charge in [0.2, 0.25) is 0 Å². The van der Waals surface area contributed by atoms with E-state index in [4.69, 9.17) is 21.4 Å². The molecule has 0 amide bonds. The highest BCUT2D eigenvalue weighted by molar-refractivity contribution is 6.30. The third-order valence-corrected chi connectivity index (χ3v) is 3.75. The zero-order valence-electron chi connectivity index (χ0n) is 9.99. The molecule has 1 fully saturated rings. The van der Waals surface area contributed by atoms with Crippen molar-refractivity contribution in [3.05, 3.63) is 34.9 Å². The van der Waals surface area contributed by atoms with Gasteiger partial charge in [0.05, 0.1) is 18.8 Å². The maximum Gasteiger partial charge on any atom is 0.0932 e. The van der Waals surface area contributed by atoms with Crippen LogP contribution in [0.25, 0.3) is 0 Å². The second-order valence-electron chi connectivity index (χ2n) is 4.63. The smallest absolute Gasteiger partial charge is 0.0932 e. The maximum atomic E-state index is 8.96. The number of aliphatic hydroxyl groups is 1. The van der Waals surface area contributed by atoms with Crippen LogP contribution in [-0.2, 0) is 10.3 Å². The summed E-state index contributed by atoms with van der Waals surface area (Å²) in [6.45, 7) is 0.484. The molecule has 0 atom stereocenters. The Hall–Kier alpha value is -0.570. The first-order valence-electron chi connectivity index (χ1n) is 6.28. The molecule has 1 saturated carbocycles. The lowest BCUT2D eigenvalue weighted by molar-refractivity contribution is -0.0860. The Morgan fingerprint density at radius 2 is 1.76 bits per heavy atom. The molecule has 0 saturated heterocycles. The summed E-state index contributed by atoms with van der Waals surface area (Å²) >= 11 is 5.92. The van der Waals surface area contributed by atoms with E-state index in [9.17, 15) is 0 Å². The number of rotatable bonds is 4. The van der Waals surface area contributed by atoms with Gasteiger partial charge >= 0.3 is 0 Å². The number of ether oxygens (including phenoxy) is 1. The Morgan fingerprint density at radius 3 is 2.35 bits per heavy atom. The molecular formula is C14H19ClO2. The summed E-state index contributed by atoms with van der Waals surface area (Å²) in [6, 6.07) is 7.92. The lowest BCUT2D eigenvalue weighted by Crippen LogP contribution is -2.33. The zero-order chi connectivity index (χ0) is 12.1. The Bertz CT molecular complexity index is 342. The Kier molecular flexibility index (Phi) is 4.43. The average molecular weight is 255 g/mol. The summed E-state index contributed by atoms with van der Waals surface area (Å²) in [6.07, 6.45) is 5.73. The van der Waals surface area contributed by atoms with Crippen LogP contribution in [0.1, 0.15) is 37.7 Å². The van der Waals surface area contributed by atoms with Crippen molar-refractivity contribution in [3.8, 4) is 0 Å². The second kappa shape index (κ2) is 5.85. The van der Waals surface area contributed by atoms with Gasteiger partial charge in [-0.3, -0.25) is 0 Å². The quantitative estimate of drug-likeness (QED) is 0.891. The molecule has 1 aliphatic rings. The SMILES string of the molecule is OCCOC1(c2ccc(Cl)cc2)CCCCC1. The van der Waals surface area contributed by atoms with Gasteiger partial charge in [-0.15, -0.1) is 0 Å². The summed E-state index contributed by atoms with van der Waals surface area (Å²) in [5, 5.41) is 9.71. The van der Waals surface area contributed by atoms with Gasteiger partial charge in [0, 0.05) is 5.02 Å². The van der Waals surface area contributed by atoms with Crippen molar-refractivity contribution in [2.75, 3.05) is 13.2 Å². The third kappa shape index (κ3) is 3.01.